The van der Waals surface area contributed by atoms with Crippen molar-refractivity contribution in [3.05, 3.63) is 29.8 Å². The maximum absolute atomic E-state index is 12.0. The van der Waals surface area contributed by atoms with Gasteiger partial charge in [0.15, 0.2) is 0 Å². The molecule has 3 N–H and O–H groups in total. The molecule has 0 bridgehead atoms. The molecule has 3 rings (SSSR count). The minimum Gasteiger partial charge on any atom is -0.341 e. The van der Waals surface area contributed by atoms with Gasteiger partial charge in [-0.3, -0.25) is 14.5 Å². The molecule has 0 spiro atoms. The molecule has 24 heavy (non-hydrogen) atoms. The van der Waals surface area contributed by atoms with Gasteiger partial charge in [0.05, 0.1) is 4.90 Å². The summed E-state index contributed by atoms with van der Waals surface area (Å²) >= 11 is 0. The predicted octanol–water partition coefficient (Wildman–Crippen LogP) is 0.487. The predicted molar refractivity (Wildman–Crippen MR) is 93.8 cm³/mol. The number of hydrogen-bond acceptors (Lipinski definition) is 5. The molecule has 7 nitrogen and oxygen atoms in total. The maximum atomic E-state index is 12.0. The Balaban J connectivity index is 0.00000208. The fourth-order valence-electron chi connectivity index (χ4n) is 2.84. The third kappa shape index (κ3) is 3.88. The maximum Gasteiger partial charge on any atom is 0.263 e. The van der Waals surface area contributed by atoms with Gasteiger partial charge >= 0.3 is 0 Å². The molecule has 1 saturated heterocycles. The van der Waals surface area contributed by atoms with Crippen molar-refractivity contribution in [1.29, 1.82) is 0 Å². The van der Waals surface area contributed by atoms with Gasteiger partial charge in [-0.2, -0.15) is 0 Å². The first-order chi connectivity index (χ1) is 11.0. The summed E-state index contributed by atoms with van der Waals surface area (Å²) in [7, 11) is -3.50. The Morgan fingerprint density at radius 3 is 2.83 bits per heavy atom. The van der Waals surface area contributed by atoms with E-state index < -0.39 is 10.0 Å². The van der Waals surface area contributed by atoms with Crippen LogP contribution in [0, 0.1) is 0 Å². The number of carbonyl (C=O) groups is 1. The number of hydrogen-bond donors (Lipinski definition) is 2. The van der Waals surface area contributed by atoms with E-state index in [9.17, 15) is 13.2 Å². The third-order valence-electron chi connectivity index (χ3n) is 4.06. The second kappa shape index (κ2) is 7.50. The van der Waals surface area contributed by atoms with E-state index in [1.165, 1.54) is 0 Å². The Labute approximate surface area is 147 Å². The quantitative estimate of drug-likeness (QED) is 0.750. The number of carbonyl (C=O) groups excluding carboxylic acids is 1. The zero-order valence-electron chi connectivity index (χ0n) is 13.1. The number of nitrogens with one attached hydrogen (secondary N) is 1. The molecule has 132 valence electrons. The summed E-state index contributed by atoms with van der Waals surface area (Å²) in [5, 5.41) is 0. The first kappa shape index (κ1) is 18.7. The molecule has 0 aliphatic carbocycles. The van der Waals surface area contributed by atoms with Crippen LogP contribution in [0.5, 0.6) is 0 Å². The number of nitrogens with two attached hydrogens (primary N) is 1. The van der Waals surface area contributed by atoms with Crippen molar-refractivity contribution in [2.75, 3.05) is 19.6 Å². The fourth-order valence-corrected chi connectivity index (χ4v) is 4.10. The van der Waals surface area contributed by atoms with Crippen LogP contribution in [0.4, 0.5) is 0 Å². The Morgan fingerprint density at radius 2 is 2.12 bits per heavy atom. The molecule has 1 aromatic rings. The van der Waals surface area contributed by atoms with Gasteiger partial charge in [-0.15, -0.1) is 12.4 Å². The summed E-state index contributed by atoms with van der Waals surface area (Å²) in [5.41, 5.74) is 6.38. The first-order valence-electron chi connectivity index (χ1n) is 7.67. The highest BCUT2D eigenvalue weighted by molar-refractivity contribution is 7.90. The van der Waals surface area contributed by atoms with Crippen LogP contribution in [0.15, 0.2) is 34.2 Å². The number of nitrogens with zero attached hydrogens (tertiary/aromatic N) is 2. The third-order valence-corrected chi connectivity index (χ3v) is 5.46. The summed E-state index contributed by atoms with van der Waals surface area (Å²) in [6.45, 7) is 1.75. The molecular formula is C15H21ClN4O3S. The van der Waals surface area contributed by atoms with Crippen LogP contribution in [0.3, 0.4) is 0 Å². The van der Waals surface area contributed by atoms with Crippen molar-refractivity contribution in [2.45, 2.75) is 30.2 Å². The minimum absolute atomic E-state index is 0. The SMILES string of the molecule is Cl.N[C@@H]1CCN(C(=O)CCCN=C2NS(=O)(=O)c3ccccc32)C1. The van der Waals surface area contributed by atoms with E-state index in [1.54, 1.807) is 29.2 Å². The van der Waals surface area contributed by atoms with Gasteiger partial charge in [0.1, 0.15) is 5.84 Å². The zero-order valence-corrected chi connectivity index (χ0v) is 14.8. The number of amides is 1. The molecule has 9 heteroatoms. The van der Waals surface area contributed by atoms with Crippen molar-refractivity contribution >= 4 is 34.2 Å². The Morgan fingerprint density at radius 1 is 1.38 bits per heavy atom. The second-order valence-corrected chi connectivity index (χ2v) is 7.47. The Hall–Kier alpha value is -1.64. The molecule has 2 aliphatic heterocycles. The Bertz CT molecular complexity index is 751. The summed E-state index contributed by atoms with van der Waals surface area (Å²) in [6.07, 6.45) is 1.84. The number of fused-ring (bicyclic) bond motifs is 1. The van der Waals surface area contributed by atoms with Crippen molar-refractivity contribution in [3.8, 4) is 0 Å². The van der Waals surface area contributed by atoms with Crippen LogP contribution in [-0.2, 0) is 14.8 Å². The van der Waals surface area contributed by atoms with E-state index in [1.807, 2.05) is 0 Å². The summed E-state index contributed by atoms with van der Waals surface area (Å²) < 4.78 is 26.3. The molecule has 1 aromatic carbocycles. The van der Waals surface area contributed by atoms with Crippen molar-refractivity contribution in [1.82, 2.24) is 9.62 Å². The molecule has 0 radical (unpaired) electrons. The van der Waals surface area contributed by atoms with E-state index in [2.05, 4.69) is 9.71 Å². The highest BCUT2D eigenvalue weighted by atomic mass is 35.5. The summed E-state index contributed by atoms with van der Waals surface area (Å²) in [4.78, 5) is 18.3. The van der Waals surface area contributed by atoms with E-state index in [-0.39, 0.29) is 29.3 Å². The van der Waals surface area contributed by atoms with Gasteiger partial charge in [0, 0.05) is 37.7 Å². The van der Waals surface area contributed by atoms with Gasteiger partial charge in [0.2, 0.25) is 5.91 Å². The summed E-state index contributed by atoms with van der Waals surface area (Å²) in [5.74, 6) is 0.446. The van der Waals surface area contributed by atoms with Gasteiger partial charge < -0.3 is 10.6 Å². The van der Waals surface area contributed by atoms with E-state index in [0.29, 0.717) is 37.3 Å². The first-order valence-corrected chi connectivity index (χ1v) is 9.16. The molecule has 1 amide bonds. The molecule has 1 fully saturated rings. The van der Waals surface area contributed by atoms with Crippen LogP contribution in [0.25, 0.3) is 0 Å². The lowest BCUT2D eigenvalue weighted by molar-refractivity contribution is -0.130. The minimum atomic E-state index is -3.50. The van der Waals surface area contributed by atoms with Gasteiger partial charge in [0.25, 0.3) is 10.0 Å². The van der Waals surface area contributed by atoms with Crippen LogP contribution in [-0.4, -0.2) is 50.7 Å². The molecular weight excluding hydrogens is 352 g/mol. The van der Waals surface area contributed by atoms with Gasteiger partial charge in [-0.1, -0.05) is 12.1 Å². The van der Waals surface area contributed by atoms with E-state index in [4.69, 9.17) is 5.73 Å². The second-order valence-electron chi connectivity index (χ2n) is 5.82. The standard InChI is InChI=1S/C15H20N4O3S.ClH/c16-11-7-9-19(10-11)14(20)6-3-8-17-15-12-4-1-2-5-13(12)23(21,22)18-15;/h1-2,4-5,11H,3,6-10,16H2,(H,17,18);1H/t11-;/m1./s1. The lowest BCUT2D eigenvalue weighted by Crippen LogP contribution is -2.31. The number of likely N-dealkylation sites (tertiary alicyclic amines) is 1. The average Bonchev–Trinajstić information content (AvgIpc) is 3.06. The van der Waals surface area contributed by atoms with Crippen LogP contribution in [0.2, 0.25) is 0 Å². The van der Waals surface area contributed by atoms with Crippen molar-refractivity contribution in [2.24, 2.45) is 10.7 Å². The van der Waals surface area contributed by atoms with Crippen LogP contribution >= 0.6 is 12.4 Å². The van der Waals surface area contributed by atoms with Crippen LogP contribution < -0.4 is 10.5 Å². The van der Waals surface area contributed by atoms with Crippen LogP contribution in [0.1, 0.15) is 24.8 Å². The number of amidine groups is 1. The summed E-state index contributed by atoms with van der Waals surface area (Å²) in [6, 6.07) is 6.82. The van der Waals surface area contributed by atoms with Crippen molar-refractivity contribution < 1.29 is 13.2 Å². The van der Waals surface area contributed by atoms with Crippen molar-refractivity contribution in [3.63, 3.8) is 0 Å². The zero-order chi connectivity index (χ0) is 16.4. The smallest absolute Gasteiger partial charge is 0.263 e. The van der Waals surface area contributed by atoms with Gasteiger partial charge in [-0.05, 0) is 25.0 Å². The van der Waals surface area contributed by atoms with Gasteiger partial charge in [-0.25, -0.2) is 8.42 Å². The Kier molecular flexibility index (Phi) is 5.84. The lowest BCUT2D eigenvalue weighted by atomic mass is 10.2. The van der Waals surface area contributed by atoms with E-state index in [0.717, 1.165) is 13.0 Å². The molecule has 0 aromatic heterocycles. The number of aliphatic imine (C=N–C) groups is 1. The fraction of sp³-hybridized carbons (Fsp3) is 0.467. The highest BCUT2D eigenvalue weighted by Gasteiger charge is 2.30. The monoisotopic (exact) mass is 372 g/mol. The lowest BCUT2D eigenvalue weighted by Gasteiger charge is -2.15. The number of rotatable bonds is 4. The number of sulfonamides is 1. The molecule has 0 saturated carbocycles. The highest BCUT2D eigenvalue weighted by Crippen LogP contribution is 2.22. The number of benzene rings is 1. The molecule has 1 atom stereocenters. The topological polar surface area (TPSA) is 105 Å². The number of halogens is 1. The normalized spacial score (nSPS) is 22.8. The largest absolute Gasteiger partial charge is 0.341 e. The molecule has 0 unspecified atom stereocenters. The van der Waals surface area contributed by atoms with E-state index >= 15 is 0 Å². The molecule has 2 aliphatic rings. The average molecular weight is 373 g/mol. The molecule has 2 heterocycles.